The number of nitrogens with zero attached hydrogens (tertiary/aromatic N) is 3. The van der Waals surface area contributed by atoms with E-state index in [0.717, 1.165) is 18.2 Å². The second-order valence-corrected chi connectivity index (χ2v) is 2.72. The summed E-state index contributed by atoms with van der Waals surface area (Å²) in [5, 5.41) is 3.04. The van der Waals surface area contributed by atoms with Gasteiger partial charge in [0.2, 0.25) is 5.95 Å². The van der Waals surface area contributed by atoms with Crippen LogP contribution < -0.4 is 5.32 Å². The predicted molar refractivity (Wildman–Crippen MR) is 48.5 cm³/mol. The fraction of sp³-hybridized carbons (Fsp3) is 0.250. The van der Waals surface area contributed by atoms with Crippen molar-refractivity contribution in [2.75, 3.05) is 7.05 Å². The van der Waals surface area contributed by atoms with Crippen LogP contribution in [0.15, 0.2) is 24.9 Å². The van der Waals surface area contributed by atoms with Crippen LogP contribution >= 0.6 is 0 Å². The number of rotatable bonds is 3. The Morgan fingerprint density at radius 3 is 3.15 bits per heavy atom. The molecule has 2 N–H and O–H groups in total. The van der Waals surface area contributed by atoms with Gasteiger partial charge in [0, 0.05) is 25.1 Å². The van der Waals surface area contributed by atoms with E-state index in [1.54, 1.807) is 18.7 Å². The summed E-state index contributed by atoms with van der Waals surface area (Å²) < 4.78 is 1.85. The molecule has 0 bridgehead atoms. The molecule has 0 aliphatic carbocycles. The molecule has 2 heterocycles. The van der Waals surface area contributed by atoms with Gasteiger partial charge in [-0.3, -0.25) is 4.57 Å². The summed E-state index contributed by atoms with van der Waals surface area (Å²) in [6.45, 7) is 0.772. The first-order valence-corrected chi connectivity index (χ1v) is 4.07. The molecule has 0 radical (unpaired) electrons. The third-order valence-electron chi connectivity index (χ3n) is 1.72. The summed E-state index contributed by atoms with van der Waals surface area (Å²) in [7, 11) is 1.89. The Bertz CT molecular complexity index is 362. The van der Waals surface area contributed by atoms with Crippen molar-refractivity contribution < 1.29 is 0 Å². The highest BCUT2D eigenvalue weighted by molar-refractivity contribution is 5.13. The smallest absolute Gasteiger partial charge is 0.212 e. The summed E-state index contributed by atoms with van der Waals surface area (Å²) in [5.41, 5.74) is 0.999. The van der Waals surface area contributed by atoms with Gasteiger partial charge >= 0.3 is 0 Å². The lowest BCUT2D eigenvalue weighted by Crippen LogP contribution is -2.04. The first-order valence-electron chi connectivity index (χ1n) is 4.07. The first kappa shape index (κ1) is 8.00. The van der Waals surface area contributed by atoms with Crippen LogP contribution in [-0.2, 0) is 6.54 Å². The highest BCUT2D eigenvalue weighted by Crippen LogP contribution is 2.01. The fourth-order valence-electron chi connectivity index (χ4n) is 1.15. The molecule has 0 aromatic carbocycles. The minimum Gasteiger partial charge on any atom is -0.330 e. The number of hydrogen-bond donors (Lipinski definition) is 2. The van der Waals surface area contributed by atoms with Gasteiger partial charge in [-0.05, 0) is 7.05 Å². The first-order chi connectivity index (χ1) is 6.40. The quantitative estimate of drug-likeness (QED) is 0.709. The average molecular weight is 177 g/mol. The monoisotopic (exact) mass is 177 g/mol. The molecule has 13 heavy (non-hydrogen) atoms. The molecule has 0 unspecified atom stereocenters. The van der Waals surface area contributed by atoms with Gasteiger partial charge in [0.25, 0.3) is 0 Å². The van der Waals surface area contributed by atoms with Crippen LogP contribution in [0.2, 0.25) is 0 Å². The van der Waals surface area contributed by atoms with Gasteiger partial charge in [-0.1, -0.05) is 0 Å². The van der Waals surface area contributed by atoms with Crippen LogP contribution in [0.1, 0.15) is 5.69 Å². The molecule has 2 aromatic rings. The van der Waals surface area contributed by atoms with Gasteiger partial charge in [0.15, 0.2) is 0 Å². The van der Waals surface area contributed by atoms with E-state index in [9.17, 15) is 0 Å². The van der Waals surface area contributed by atoms with Gasteiger partial charge < -0.3 is 10.3 Å². The topological polar surface area (TPSA) is 58.5 Å². The van der Waals surface area contributed by atoms with E-state index in [1.807, 2.05) is 17.8 Å². The highest BCUT2D eigenvalue weighted by atomic mass is 15.2. The number of H-pyrrole nitrogens is 1. The van der Waals surface area contributed by atoms with Crippen LogP contribution in [0.3, 0.4) is 0 Å². The molecular weight excluding hydrogens is 166 g/mol. The van der Waals surface area contributed by atoms with Gasteiger partial charge in [-0.2, -0.15) is 0 Å². The molecule has 0 aliphatic heterocycles. The third-order valence-corrected chi connectivity index (χ3v) is 1.72. The van der Waals surface area contributed by atoms with Crippen LogP contribution in [0.5, 0.6) is 0 Å². The molecule has 5 heteroatoms. The summed E-state index contributed by atoms with van der Waals surface area (Å²) in [6, 6.07) is 0. The molecule has 5 nitrogen and oxygen atoms in total. The van der Waals surface area contributed by atoms with E-state index in [0.29, 0.717) is 0 Å². The van der Waals surface area contributed by atoms with Crippen LogP contribution in [0.4, 0.5) is 0 Å². The second kappa shape index (κ2) is 3.40. The Balaban J connectivity index is 2.23. The maximum absolute atomic E-state index is 4.20. The van der Waals surface area contributed by atoms with Crippen molar-refractivity contribution in [1.82, 2.24) is 24.8 Å². The molecule has 0 saturated heterocycles. The normalized spacial score (nSPS) is 10.5. The maximum atomic E-state index is 4.20. The highest BCUT2D eigenvalue weighted by Gasteiger charge is 2.00. The van der Waals surface area contributed by atoms with E-state index < -0.39 is 0 Å². The van der Waals surface area contributed by atoms with Crippen molar-refractivity contribution in [1.29, 1.82) is 0 Å². The van der Waals surface area contributed by atoms with Crippen LogP contribution in [0, 0.1) is 0 Å². The van der Waals surface area contributed by atoms with Gasteiger partial charge in [0.05, 0.1) is 5.69 Å². The lowest BCUT2D eigenvalue weighted by molar-refractivity contribution is 0.796. The number of imidazole rings is 2. The fourth-order valence-corrected chi connectivity index (χ4v) is 1.15. The van der Waals surface area contributed by atoms with Gasteiger partial charge in [0.1, 0.15) is 6.33 Å². The lowest BCUT2D eigenvalue weighted by atomic mass is 10.5. The Labute approximate surface area is 75.8 Å². The minimum absolute atomic E-state index is 0.772. The Morgan fingerprint density at radius 1 is 1.54 bits per heavy atom. The predicted octanol–water partition coefficient (Wildman–Crippen LogP) is 0.315. The molecule has 2 rings (SSSR count). The Morgan fingerprint density at radius 2 is 2.46 bits per heavy atom. The Hall–Kier alpha value is -1.62. The summed E-state index contributed by atoms with van der Waals surface area (Å²) in [5.74, 6) is 0.787. The van der Waals surface area contributed by atoms with E-state index in [4.69, 9.17) is 0 Å². The van der Waals surface area contributed by atoms with Crippen molar-refractivity contribution >= 4 is 0 Å². The molecule has 0 saturated carbocycles. The van der Waals surface area contributed by atoms with Crippen LogP contribution in [0.25, 0.3) is 5.95 Å². The van der Waals surface area contributed by atoms with Crippen molar-refractivity contribution in [2.45, 2.75) is 6.54 Å². The molecule has 2 aromatic heterocycles. The number of aromatic amines is 1. The second-order valence-electron chi connectivity index (χ2n) is 2.72. The van der Waals surface area contributed by atoms with E-state index in [-0.39, 0.29) is 0 Å². The number of aromatic nitrogens is 4. The zero-order chi connectivity index (χ0) is 9.10. The molecule has 0 atom stereocenters. The van der Waals surface area contributed by atoms with E-state index in [1.165, 1.54) is 0 Å². The van der Waals surface area contributed by atoms with Crippen molar-refractivity contribution in [3.05, 3.63) is 30.6 Å². The zero-order valence-electron chi connectivity index (χ0n) is 7.36. The van der Waals surface area contributed by atoms with Gasteiger partial charge in [-0.15, -0.1) is 0 Å². The molecule has 0 spiro atoms. The average Bonchev–Trinajstić information content (AvgIpc) is 2.70. The summed E-state index contributed by atoms with van der Waals surface area (Å²) in [6.07, 6.45) is 7.18. The molecule has 68 valence electrons. The van der Waals surface area contributed by atoms with Crippen molar-refractivity contribution in [3.8, 4) is 5.95 Å². The van der Waals surface area contributed by atoms with Crippen molar-refractivity contribution in [3.63, 3.8) is 0 Å². The molecule has 0 aliphatic rings. The molecular formula is C8H11N5. The van der Waals surface area contributed by atoms with Crippen molar-refractivity contribution in [2.24, 2.45) is 0 Å². The number of hydrogen-bond acceptors (Lipinski definition) is 3. The summed E-state index contributed by atoms with van der Waals surface area (Å²) >= 11 is 0. The minimum atomic E-state index is 0.772. The lowest BCUT2D eigenvalue weighted by Gasteiger charge is -1.93. The van der Waals surface area contributed by atoms with E-state index in [2.05, 4.69) is 20.3 Å². The molecule has 0 amide bonds. The van der Waals surface area contributed by atoms with Crippen LogP contribution in [-0.4, -0.2) is 26.6 Å². The molecule has 0 fully saturated rings. The summed E-state index contributed by atoms with van der Waals surface area (Å²) in [4.78, 5) is 11.3. The van der Waals surface area contributed by atoms with Gasteiger partial charge in [-0.25, -0.2) is 9.97 Å². The SMILES string of the molecule is CNCc1cn(-c2ncc[nH]2)cn1. The third kappa shape index (κ3) is 1.59. The standard InChI is InChI=1S/C8H11N5/c1-9-4-7-5-13(6-12-7)8-10-2-3-11-8/h2-3,5-6,9H,4H2,1H3,(H,10,11). The number of nitrogens with one attached hydrogen (secondary N) is 2. The largest absolute Gasteiger partial charge is 0.330 e. The van der Waals surface area contributed by atoms with E-state index >= 15 is 0 Å². The maximum Gasteiger partial charge on any atom is 0.212 e. The zero-order valence-corrected chi connectivity index (χ0v) is 7.36. The Kier molecular flexibility index (Phi) is 2.09.